The highest BCUT2D eigenvalue weighted by Crippen LogP contribution is 2.88. The largest absolute Gasteiger partial charge is 0.509 e. The van der Waals surface area contributed by atoms with Gasteiger partial charge in [-0.3, -0.25) is 9.69 Å². The quantitative estimate of drug-likeness (QED) is 0.215. The summed E-state index contributed by atoms with van der Waals surface area (Å²) in [6, 6.07) is 7.14. The number of aliphatic hydroxyl groups excluding tert-OH is 1. The van der Waals surface area contributed by atoms with E-state index in [-0.39, 0.29) is 53.3 Å². The second-order valence-corrected chi connectivity index (χ2v) is 25.4. The minimum atomic E-state index is -1.14. The lowest BCUT2D eigenvalue weighted by molar-refractivity contribution is -0.283. The molecule has 8 nitrogen and oxygen atoms in total. The van der Waals surface area contributed by atoms with Gasteiger partial charge in [-0.1, -0.05) is 105 Å². The predicted molar refractivity (Wildman–Crippen MR) is 260 cm³/mol. The molecule has 12 bridgehead atoms. The first-order chi connectivity index (χ1) is 33.4. The van der Waals surface area contributed by atoms with Crippen LogP contribution in [-0.4, -0.2) is 65.1 Å². The van der Waals surface area contributed by atoms with Crippen LogP contribution in [0, 0.1) is 75.9 Å². The maximum Gasteiger partial charge on any atom is 0.339 e. The van der Waals surface area contributed by atoms with Crippen LogP contribution in [0.25, 0.3) is 0 Å². The van der Waals surface area contributed by atoms with Gasteiger partial charge in [0.1, 0.15) is 11.2 Å². The molecule has 1 aromatic rings. The molecule has 3 saturated heterocycles. The molecule has 1 aromatic carbocycles. The number of allylic oxidation sites excluding steroid dienone is 6. The standard InChI is InChI=1S/C60H75N3O5/c61-25-9-16-37-14-8-18-46-51(37)56(65)68-60(46)49-29-38(36-12-5-2-6-13-36)19-21-44-43-17-7-15-39-28-40-20-22-47-41-26-35-31-62(33-41)42(27-34-10-3-1-4-11-34)30-48(64)55-58(60)24-23-45(53(44)59(49,58)57(66)67-55)52(50(39)43)54(40)63(47)32-35/h7-8,14,17-19,21,34-36,38-39,41-44,47,49-50,52,64H,1-6,9-13,15-16,20,22-33,61H2. The third-order valence-electron chi connectivity index (χ3n) is 22.8. The molecule has 0 aromatic heterocycles. The molecule has 8 aliphatic carbocycles. The number of carbonyl (C=O) groups excluding carboxylic acids is 2. The fourth-order valence-corrected chi connectivity index (χ4v) is 20.7. The van der Waals surface area contributed by atoms with E-state index in [1.165, 1.54) is 95.5 Å². The summed E-state index contributed by atoms with van der Waals surface area (Å²) in [7, 11) is 0. The summed E-state index contributed by atoms with van der Waals surface area (Å²) in [5.41, 5.74) is 11.8. The molecule has 9 heterocycles. The summed E-state index contributed by atoms with van der Waals surface area (Å²) in [6.07, 6.45) is 34.5. The lowest BCUT2D eigenvalue weighted by Crippen LogP contribution is -2.78. The lowest BCUT2D eigenvalue weighted by atomic mass is 9.27. The molecule has 6 fully saturated rings. The highest BCUT2D eigenvalue weighted by atomic mass is 16.6. The second kappa shape index (κ2) is 15.2. The number of carbonyl (C=O) groups is 2. The number of esters is 2. The molecule has 3 saturated carbocycles. The highest BCUT2D eigenvalue weighted by molar-refractivity contribution is 6.00. The summed E-state index contributed by atoms with van der Waals surface area (Å²) < 4.78 is 14.6. The summed E-state index contributed by atoms with van der Waals surface area (Å²) >= 11 is 0. The van der Waals surface area contributed by atoms with Crippen LogP contribution in [0.2, 0.25) is 0 Å². The normalized spacial score (nSPS) is 45.0. The van der Waals surface area contributed by atoms with Crippen LogP contribution in [0.4, 0.5) is 0 Å². The Morgan fingerprint density at radius 2 is 1.72 bits per heavy atom. The summed E-state index contributed by atoms with van der Waals surface area (Å²) in [5, 5.41) is 13.5. The van der Waals surface area contributed by atoms with Crippen molar-refractivity contribution >= 4 is 11.9 Å². The van der Waals surface area contributed by atoms with Crippen molar-refractivity contribution < 1.29 is 24.2 Å². The summed E-state index contributed by atoms with van der Waals surface area (Å²) in [5.74, 6) is 4.38. The number of rotatable bonds is 6. The van der Waals surface area contributed by atoms with Gasteiger partial charge in [-0.15, -0.1) is 0 Å². The molecule has 9 aliphatic heterocycles. The third-order valence-corrected chi connectivity index (χ3v) is 22.8. The number of nitrogens with two attached hydrogens (primary N) is 1. The number of aliphatic hydroxyl groups is 1. The smallest absolute Gasteiger partial charge is 0.339 e. The fourth-order valence-electron chi connectivity index (χ4n) is 20.7. The van der Waals surface area contributed by atoms with E-state index in [2.05, 4.69) is 52.3 Å². The fraction of sp³-hybridized carbons (Fsp3) is 0.700. The maximum absolute atomic E-state index is 16.5. The number of nitrogens with zero attached hydrogens (tertiary/aromatic N) is 2. The molecule has 0 amide bonds. The van der Waals surface area contributed by atoms with Gasteiger partial charge in [0, 0.05) is 67.2 Å². The van der Waals surface area contributed by atoms with Crippen LogP contribution in [-0.2, 0) is 26.3 Å². The SMILES string of the molecule is NCCCc1cccc2c1C(=O)OC21C2CC(C3CCCCC3)C=CC3C4=C5CCC16C(=C(O)CC(CC1CCCCC1)N1CC7CC(C1)C1CCC8=C(C5C5C(CC=CC35)C8)N1C7)OC(=O)C426. The van der Waals surface area contributed by atoms with Crippen molar-refractivity contribution in [1.82, 2.24) is 9.80 Å². The van der Waals surface area contributed by atoms with Crippen LogP contribution in [0.3, 0.4) is 0 Å². The molecule has 15 unspecified atom stereocenters. The van der Waals surface area contributed by atoms with Crippen LogP contribution in [0.15, 0.2) is 76.4 Å². The van der Waals surface area contributed by atoms with E-state index in [0.29, 0.717) is 78.7 Å². The molecule has 3 spiro atoms. The Balaban J connectivity index is 1.02. The monoisotopic (exact) mass is 918 g/mol. The average Bonchev–Trinajstić information content (AvgIpc) is 3.81. The number of ether oxygens (including phenoxy) is 2. The zero-order valence-corrected chi connectivity index (χ0v) is 40.5. The molecule has 3 N–H and O–H groups in total. The number of benzene rings is 1. The minimum Gasteiger partial charge on any atom is -0.509 e. The Labute approximate surface area is 404 Å². The predicted octanol–water partition coefficient (Wildman–Crippen LogP) is 11.0. The summed E-state index contributed by atoms with van der Waals surface area (Å²) in [4.78, 5) is 37.6. The first-order valence-electron chi connectivity index (χ1n) is 28.4. The van der Waals surface area contributed by atoms with Gasteiger partial charge in [-0.05, 0) is 148 Å². The topological polar surface area (TPSA) is 105 Å². The van der Waals surface area contributed by atoms with Gasteiger partial charge in [0.2, 0.25) is 0 Å². The molecule has 0 radical (unpaired) electrons. The van der Waals surface area contributed by atoms with Gasteiger partial charge in [0.05, 0.1) is 11.0 Å². The second-order valence-electron chi connectivity index (χ2n) is 25.4. The van der Waals surface area contributed by atoms with Gasteiger partial charge < -0.3 is 25.2 Å². The van der Waals surface area contributed by atoms with Crippen LogP contribution < -0.4 is 5.73 Å². The van der Waals surface area contributed by atoms with Crippen molar-refractivity contribution in [3.8, 4) is 0 Å². The summed E-state index contributed by atoms with van der Waals surface area (Å²) in [6.45, 7) is 3.85. The molecule has 68 heavy (non-hydrogen) atoms. The number of aryl methyl sites for hydroxylation is 1. The van der Waals surface area contributed by atoms with E-state index in [1.807, 2.05) is 0 Å². The molecule has 360 valence electrons. The van der Waals surface area contributed by atoms with Crippen molar-refractivity contribution in [2.75, 3.05) is 26.2 Å². The van der Waals surface area contributed by atoms with Crippen molar-refractivity contribution in [3.05, 3.63) is 93.1 Å². The van der Waals surface area contributed by atoms with Crippen LogP contribution >= 0.6 is 0 Å². The third kappa shape index (κ3) is 5.26. The van der Waals surface area contributed by atoms with Gasteiger partial charge in [0.15, 0.2) is 11.4 Å². The number of piperidine rings is 2. The minimum absolute atomic E-state index is 0.0574. The highest BCUT2D eigenvalue weighted by Gasteiger charge is 2.94. The van der Waals surface area contributed by atoms with Crippen molar-refractivity contribution in [3.63, 3.8) is 0 Å². The lowest BCUT2D eigenvalue weighted by Gasteiger charge is -2.73. The van der Waals surface area contributed by atoms with Crippen molar-refractivity contribution in [2.45, 2.75) is 159 Å². The zero-order valence-electron chi connectivity index (χ0n) is 40.5. The van der Waals surface area contributed by atoms with E-state index in [0.717, 1.165) is 62.9 Å². The Kier molecular flexibility index (Phi) is 9.41. The average molecular weight is 918 g/mol. The maximum atomic E-state index is 16.5. The Morgan fingerprint density at radius 1 is 0.868 bits per heavy atom. The molecule has 8 heteroatoms. The van der Waals surface area contributed by atoms with E-state index >= 15 is 9.59 Å². The van der Waals surface area contributed by atoms with Gasteiger partial charge >= 0.3 is 11.9 Å². The van der Waals surface area contributed by atoms with Gasteiger partial charge in [0.25, 0.3) is 0 Å². The Bertz CT molecular complexity index is 2510. The van der Waals surface area contributed by atoms with Crippen LogP contribution in [0.1, 0.15) is 156 Å². The van der Waals surface area contributed by atoms with E-state index in [4.69, 9.17) is 15.2 Å². The first-order valence-corrected chi connectivity index (χ1v) is 28.4. The van der Waals surface area contributed by atoms with E-state index < -0.39 is 16.4 Å². The molecular weight excluding hydrogens is 843 g/mol. The number of hydrogen-bond acceptors (Lipinski definition) is 8. The molecule has 15 atom stereocenters. The van der Waals surface area contributed by atoms with Gasteiger partial charge in [-0.2, -0.15) is 0 Å². The zero-order chi connectivity index (χ0) is 45.3. The first kappa shape index (κ1) is 42.1. The molecule has 17 aliphatic rings. The van der Waals surface area contributed by atoms with Crippen LogP contribution in [0.5, 0.6) is 0 Å². The number of hydrogen-bond donors (Lipinski definition) is 2. The van der Waals surface area contributed by atoms with E-state index in [1.54, 1.807) is 16.8 Å². The number of fused-ring (bicyclic) bond motifs is 4. The van der Waals surface area contributed by atoms with E-state index in [9.17, 15) is 5.11 Å². The Morgan fingerprint density at radius 3 is 2.57 bits per heavy atom. The molecular formula is C60H75N3O5. The Hall–Kier alpha value is -3.62. The molecule has 18 rings (SSSR count). The van der Waals surface area contributed by atoms with Crippen molar-refractivity contribution in [1.29, 1.82) is 0 Å². The van der Waals surface area contributed by atoms with Gasteiger partial charge in [-0.25, -0.2) is 4.79 Å². The van der Waals surface area contributed by atoms with Crippen molar-refractivity contribution in [2.24, 2.45) is 81.7 Å².